The van der Waals surface area contributed by atoms with Crippen molar-refractivity contribution < 1.29 is 17.9 Å². The van der Waals surface area contributed by atoms with E-state index in [-0.39, 0.29) is 21.2 Å². The second kappa shape index (κ2) is 9.68. The number of carbonyl (C=O) groups excluding carboxylic acids is 1. The second-order valence-corrected chi connectivity index (χ2v) is 8.78. The van der Waals surface area contributed by atoms with E-state index in [0.717, 1.165) is 5.56 Å². The first-order valence-corrected chi connectivity index (χ1v) is 11.2. The number of nitrogens with one attached hydrogen (secondary N) is 2. The molecule has 0 spiro atoms. The standard InChI is InChI=1S/C23H21ClN2O4S/c1-3-14-30-19-9-6-17(7-10-19)25-23(27)21-13-8-18(15-22(21)24)26-31(28,29)20-11-4-16(2)5-12-20/h3-13,15,26H,1,14H2,2H3,(H,25,27). The molecule has 1 amide bonds. The zero-order valence-corrected chi connectivity index (χ0v) is 18.3. The first kappa shape index (κ1) is 22.4. The lowest BCUT2D eigenvalue weighted by atomic mass is 10.2. The van der Waals surface area contributed by atoms with Gasteiger partial charge in [-0.25, -0.2) is 8.42 Å². The summed E-state index contributed by atoms with van der Waals surface area (Å²) in [4.78, 5) is 12.7. The molecule has 0 saturated heterocycles. The summed E-state index contributed by atoms with van der Waals surface area (Å²) in [6.45, 7) is 5.85. The summed E-state index contributed by atoms with van der Waals surface area (Å²) in [5.41, 5.74) is 1.99. The SMILES string of the molecule is C=CCOc1ccc(NC(=O)c2ccc(NS(=O)(=O)c3ccc(C)cc3)cc2Cl)cc1. The summed E-state index contributed by atoms with van der Waals surface area (Å²) in [5, 5.41) is 2.86. The third-order valence-corrected chi connectivity index (χ3v) is 5.99. The number of sulfonamides is 1. The van der Waals surface area contributed by atoms with Crippen LogP contribution in [0.15, 0.2) is 84.3 Å². The summed E-state index contributed by atoms with van der Waals surface area (Å²) in [6.07, 6.45) is 1.64. The minimum absolute atomic E-state index is 0.118. The summed E-state index contributed by atoms with van der Waals surface area (Å²) in [7, 11) is -3.77. The molecule has 0 aliphatic carbocycles. The molecule has 0 heterocycles. The molecule has 0 aliphatic heterocycles. The molecule has 0 aromatic heterocycles. The van der Waals surface area contributed by atoms with E-state index >= 15 is 0 Å². The normalized spacial score (nSPS) is 10.9. The Hall–Kier alpha value is -3.29. The Labute approximate surface area is 186 Å². The van der Waals surface area contributed by atoms with Gasteiger partial charge < -0.3 is 10.1 Å². The van der Waals surface area contributed by atoms with Crippen molar-refractivity contribution in [1.29, 1.82) is 0 Å². The van der Waals surface area contributed by atoms with Crippen molar-refractivity contribution in [2.45, 2.75) is 11.8 Å². The highest BCUT2D eigenvalue weighted by molar-refractivity contribution is 7.92. The first-order chi connectivity index (χ1) is 14.8. The van der Waals surface area contributed by atoms with E-state index < -0.39 is 15.9 Å². The van der Waals surface area contributed by atoms with Crippen LogP contribution in [0.3, 0.4) is 0 Å². The number of benzene rings is 3. The number of carbonyl (C=O) groups is 1. The number of halogens is 1. The molecule has 0 bridgehead atoms. The molecule has 0 atom stereocenters. The van der Waals surface area contributed by atoms with Crippen molar-refractivity contribution in [2.75, 3.05) is 16.6 Å². The summed E-state index contributed by atoms with van der Waals surface area (Å²) >= 11 is 6.24. The number of hydrogen-bond donors (Lipinski definition) is 2. The van der Waals surface area contributed by atoms with Gasteiger partial charge in [0.2, 0.25) is 0 Å². The zero-order valence-electron chi connectivity index (χ0n) is 16.8. The van der Waals surface area contributed by atoms with Crippen LogP contribution in [0.4, 0.5) is 11.4 Å². The van der Waals surface area contributed by atoms with Crippen molar-refractivity contribution in [3.05, 3.63) is 95.5 Å². The molecule has 31 heavy (non-hydrogen) atoms. The first-order valence-electron chi connectivity index (χ1n) is 9.32. The summed E-state index contributed by atoms with van der Waals surface area (Å²) < 4.78 is 32.9. The predicted molar refractivity (Wildman–Crippen MR) is 124 cm³/mol. The maximum absolute atomic E-state index is 12.6. The van der Waals surface area contributed by atoms with Crippen molar-refractivity contribution >= 4 is 38.9 Å². The number of rotatable bonds is 8. The van der Waals surface area contributed by atoms with Gasteiger partial charge in [0.25, 0.3) is 15.9 Å². The minimum atomic E-state index is -3.77. The van der Waals surface area contributed by atoms with E-state index in [1.165, 1.54) is 30.3 Å². The van der Waals surface area contributed by atoms with Crippen molar-refractivity contribution in [1.82, 2.24) is 0 Å². The second-order valence-electron chi connectivity index (χ2n) is 6.69. The van der Waals surface area contributed by atoms with Crippen LogP contribution in [0.1, 0.15) is 15.9 Å². The molecule has 0 unspecified atom stereocenters. The fraction of sp³-hybridized carbons (Fsp3) is 0.0870. The van der Waals surface area contributed by atoms with E-state index in [1.807, 2.05) is 6.92 Å². The minimum Gasteiger partial charge on any atom is -0.490 e. The molecule has 160 valence electrons. The summed E-state index contributed by atoms with van der Waals surface area (Å²) in [6, 6.07) is 17.7. The Balaban J connectivity index is 1.70. The Morgan fingerprint density at radius 2 is 1.68 bits per heavy atom. The zero-order chi connectivity index (χ0) is 22.4. The van der Waals surface area contributed by atoms with Crippen molar-refractivity contribution in [3.8, 4) is 5.75 Å². The van der Waals surface area contributed by atoms with Crippen LogP contribution in [0.2, 0.25) is 5.02 Å². The van der Waals surface area contributed by atoms with Crippen LogP contribution in [0, 0.1) is 6.92 Å². The molecule has 3 rings (SSSR count). The van der Waals surface area contributed by atoms with Gasteiger partial charge >= 0.3 is 0 Å². The highest BCUT2D eigenvalue weighted by Crippen LogP contribution is 2.25. The van der Waals surface area contributed by atoms with Crippen molar-refractivity contribution in [3.63, 3.8) is 0 Å². The van der Waals surface area contributed by atoms with Gasteiger partial charge in [-0.2, -0.15) is 0 Å². The van der Waals surface area contributed by atoms with E-state index in [4.69, 9.17) is 16.3 Å². The third-order valence-electron chi connectivity index (χ3n) is 4.28. The van der Waals surface area contributed by atoms with Gasteiger partial charge in [-0.15, -0.1) is 0 Å². The fourth-order valence-corrected chi connectivity index (χ4v) is 4.00. The monoisotopic (exact) mass is 456 g/mol. The van der Waals surface area contributed by atoms with Gasteiger partial charge in [-0.1, -0.05) is 42.0 Å². The topological polar surface area (TPSA) is 84.5 Å². The third kappa shape index (κ3) is 5.87. The molecule has 3 aromatic rings. The maximum atomic E-state index is 12.6. The molecular weight excluding hydrogens is 436 g/mol. The molecule has 0 saturated carbocycles. The number of amides is 1. The van der Waals surface area contributed by atoms with Crippen LogP contribution in [-0.4, -0.2) is 20.9 Å². The average molecular weight is 457 g/mol. The molecule has 6 nitrogen and oxygen atoms in total. The number of ether oxygens (including phenoxy) is 1. The number of anilines is 2. The summed E-state index contributed by atoms with van der Waals surface area (Å²) in [5.74, 6) is 0.235. The van der Waals surface area contributed by atoms with E-state index in [9.17, 15) is 13.2 Å². The van der Waals surface area contributed by atoms with Crippen molar-refractivity contribution in [2.24, 2.45) is 0 Å². The fourth-order valence-electron chi connectivity index (χ4n) is 2.68. The molecule has 0 fully saturated rings. The average Bonchev–Trinajstić information content (AvgIpc) is 2.73. The van der Waals surface area contributed by atoms with Gasteiger partial charge in [-0.05, 0) is 61.5 Å². The van der Waals surface area contributed by atoms with Crippen LogP contribution in [-0.2, 0) is 10.0 Å². The van der Waals surface area contributed by atoms with Crippen LogP contribution < -0.4 is 14.8 Å². The van der Waals surface area contributed by atoms with E-state index in [2.05, 4.69) is 16.6 Å². The van der Waals surface area contributed by atoms with Gasteiger partial charge in [0, 0.05) is 5.69 Å². The quantitative estimate of drug-likeness (QED) is 0.452. The Bertz CT molecular complexity index is 1190. The number of hydrogen-bond acceptors (Lipinski definition) is 4. The largest absolute Gasteiger partial charge is 0.490 e. The highest BCUT2D eigenvalue weighted by Gasteiger charge is 2.16. The molecule has 8 heteroatoms. The molecular formula is C23H21ClN2O4S. The van der Waals surface area contributed by atoms with Gasteiger partial charge in [0.05, 0.1) is 21.2 Å². The molecule has 3 aromatic carbocycles. The predicted octanol–water partition coefficient (Wildman–Crippen LogP) is 5.27. The lowest BCUT2D eigenvalue weighted by Gasteiger charge is -2.11. The molecule has 2 N–H and O–H groups in total. The maximum Gasteiger partial charge on any atom is 0.261 e. The Kier molecular flexibility index (Phi) is 6.99. The van der Waals surface area contributed by atoms with Crippen LogP contribution >= 0.6 is 11.6 Å². The smallest absolute Gasteiger partial charge is 0.261 e. The van der Waals surface area contributed by atoms with Gasteiger partial charge in [-0.3, -0.25) is 9.52 Å². The number of aryl methyl sites for hydroxylation is 1. The van der Waals surface area contributed by atoms with E-state index in [1.54, 1.807) is 42.5 Å². The van der Waals surface area contributed by atoms with Crippen LogP contribution in [0.5, 0.6) is 5.75 Å². The van der Waals surface area contributed by atoms with E-state index in [0.29, 0.717) is 18.0 Å². The molecule has 0 radical (unpaired) electrons. The Morgan fingerprint density at radius 1 is 1.03 bits per heavy atom. The Morgan fingerprint density at radius 3 is 2.29 bits per heavy atom. The lowest BCUT2D eigenvalue weighted by Crippen LogP contribution is -2.15. The van der Waals surface area contributed by atoms with Gasteiger partial charge in [0.15, 0.2) is 0 Å². The van der Waals surface area contributed by atoms with Gasteiger partial charge in [0.1, 0.15) is 12.4 Å². The highest BCUT2D eigenvalue weighted by atomic mass is 35.5. The lowest BCUT2D eigenvalue weighted by molar-refractivity contribution is 0.102. The van der Waals surface area contributed by atoms with Crippen LogP contribution in [0.25, 0.3) is 0 Å². The molecule has 0 aliphatic rings.